The zero-order valence-electron chi connectivity index (χ0n) is 13.1. The van der Waals surface area contributed by atoms with Crippen LogP contribution in [0, 0.1) is 0 Å². The number of benzene rings is 1. The first-order valence-corrected chi connectivity index (χ1v) is 7.86. The Labute approximate surface area is 139 Å². The van der Waals surface area contributed by atoms with Crippen molar-refractivity contribution in [3.63, 3.8) is 0 Å². The lowest BCUT2D eigenvalue weighted by Crippen LogP contribution is -2.23. The molecule has 3 aromatic rings. The molecule has 1 atom stereocenters. The number of anilines is 2. The van der Waals surface area contributed by atoms with E-state index in [-0.39, 0.29) is 6.10 Å². The molecule has 7 nitrogen and oxygen atoms in total. The maximum Gasteiger partial charge on any atom is 0.181 e. The summed E-state index contributed by atoms with van der Waals surface area (Å²) in [7, 11) is 0. The summed E-state index contributed by atoms with van der Waals surface area (Å²) in [6.45, 7) is 1.32. The fraction of sp³-hybridized carbons (Fsp3) is 0.235. The van der Waals surface area contributed by atoms with E-state index in [2.05, 4.69) is 38.6 Å². The number of ether oxygens (including phenoxy) is 1. The third-order valence-electron chi connectivity index (χ3n) is 4.13. The molecule has 1 aliphatic heterocycles. The molecular formula is C17H18N6O. The molecule has 0 radical (unpaired) electrons. The van der Waals surface area contributed by atoms with Gasteiger partial charge in [-0.05, 0) is 23.6 Å². The Morgan fingerprint density at radius 2 is 2.17 bits per heavy atom. The maximum atomic E-state index is 6.20. The lowest BCUT2D eigenvalue weighted by atomic mass is 9.97. The fourth-order valence-electron chi connectivity index (χ4n) is 2.94. The van der Waals surface area contributed by atoms with Crippen molar-refractivity contribution >= 4 is 11.5 Å². The first-order valence-electron chi connectivity index (χ1n) is 7.86. The molecule has 24 heavy (non-hydrogen) atoms. The lowest BCUT2D eigenvalue weighted by molar-refractivity contribution is 0.0513. The van der Waals surface area contributed by atoms with E-state index in [0.29, 0.717) is 23.9 Å². The molecule has 0 saturated carbocycles. The Morgan fingerprint density at radius 1 is 1.25 bits per heavy atom. The molecule has 0 spiro atoms. The molecule has 7 heteroatoms. The first kappa shape index (κ1) is 14.6. The van der Waals surface area contributed by atoms with E-state index in [9.17, 15) is 0 Å². The van der Waals surface area contributed by atoms with Crippen LogP contribution in [0.2, 0.25) is 0 Å². The summed E-state index contributed by atoms with van der Waals surface area (Å²) in [5.41, 5.74) is 9.21. The van der Waals surface area contributed by atoms with E-state index in [1.54, 1.807) is 17.1 Å². The van der Waals surface area contributed by atoms with Crippen molar-refractivity contribution in [1.82, 2.24) is 19.7 Å². The van der Waals surface area contributed by atoms with Crippen molar-refractivity contribution in [2.24, 2.45) is 0 Å². The molecule has 1 aromatic carbocycles. The van der Waals surface area contributed by atoms with Crippen LogP contribution < -0.4 is 11.1 Å². The lowest BCUT2D eigenvalue weighted by Gasteiger charge is -2.26. The Bertz CT molecular complexity index is 833. The van der Waals surface area contributed by atoms with Crippen molar-refractivity contribution in [2.45, 2.75) is 12.5 Å². The molecule has 0 aliphatic carbocycles. The minimum Gasteiger partial charge on any atom is -0.393 e. The smallest absolute Gasteiger partial charge is 0.181 e. The van der Waals surface area contributed by atoms with Gasteiger partial charge in [0.2, 0.25) is 0 Å². The Balaban J connectivity index is 1.54. The highest BCUT2D eigenvalue weighted by Gasteiger charge is 2.21. The molecule has 0 amide bonds. The summed E-state index contributed by atoms with van der Waals surface area (Å²) < 4.78 is 7.52. The predicted octanol–water partition coefficient (Wildman–Crippen LogP) is 1.97. The average Bonchev–Trinajstić information content (AvgIpc) is 3.15. The predicted molar refractivity (Wildman–Crippen MR) is 90.9 cm³/mol. The molecule has 122 valence electrons. The van der Waals surface area contributed by atoms with Gasteiger partial charge in [0.15, 0.2) is 11.6 Å². The third-order valence-corrected chi connectivity index (χ3v) is 4.13. The largest absolute Gasteiger partial charge is 0.393 e. The number of nitrogens with zero attached hydrogens (tertiary/aromatic N) is 4. The molecule has 3 N–H and O–H groups in total. The third kappa shape index (κ3) is 2.69. The molecule has 1 aliphatic rings. The summed E-state index contributed by atoms with van der Waals surface area (Å²) in [6.07, 6.45) is 5.89. The number of fused-ring (bicyclic) bond motifs is 1. The van der Waals surface area contributed by atoms with Gasteiger partial charge in [-0.3, -0.25) is 0 Å². The van der Waals surface area contributed by atoms with Crippen molar-refractivity contribution in [1.29, 1.82) is 0 Å². The minimum atomic E-state index is -0.0162. The van der Waals surface area contributed by atoms with Crippen LogP contribution in [0.5, 0.6) is 0 Å². The quantitative estimate of drug-likeness (QED) is 0.763. The Kier molecular flexibility index (Phi) is 3.84. The van der Waals surface area contributed by atoms with Crippen LogP contribution in [0.1, 0.15) is 17.2 Å². The number of hydrogen-bond donors (Lipinski definition) is 2. The zero-order valence-corrected chi connectivity index (χ0v) is 13.1. The molecule has 4 rings (SSSR count). The van der Waals surface area contributed by atoms with E-state index in [1.165, 1.54) is 17.5 Å². The number of nitrogens with two attached hydrogens (primary N) is 1. The highest BCUT2D eigenvalue weighted by Crippen LogP contribution is 2.28. The summed E-state index contributed by atoms with van der Waals surface area (Å²) in [6, 6.07) is 10.2. The van der Waals surface area contributed by atoms with Crippen molar-refractivity contribution in [3.8, 4) is 5.82 Å². The Morgan fingerprint density at radius 3 is 3.04 bits per heavy atom. The normalized spacial score (nSPS) is 16.6. The fourth-order valence-corrected chi connectivity index (χ4v) is 2.94. The van der Waals surface area contributed by atoms with E-state index in [4.69, 9.17) is 10.5 Å². The van der Waals surface area contributed by atoms with Gasteiger partial charge in [-0.1, -0.05) is 24.3 Å². The summed E-state index contributed by atoms with van der Waals surface area (Å²) in [4.78, 5) is 8.45. The maximum absolute atomic E-state index is 6.20. The number of nitrogens with one attached hydrogen (secondary N) is 1. The standard InChI is InChI=1S/C17H18N6O/c18-15-16(20-11-21-17(15)23-8-3-7-22-23)19-10-14-13-5-2-1-4-12(13)6-9-24-14/h1-5,7-8,11,14H,6,9-10,18H2,(H,19,20,21). The highest BCUT2D eigenvalue weighted by molar-refractivity contribution is 5.68. The SMILES string of the molecule is Nc1c(NCC2OCCc3ccccc32)ncnc1-n1cccn1. The van der Waals surface area contributed by atoms with E-state index >= 15 is 0 Å². The van der Waals surface area contributed by atoms with Crippen LogP contribution in [0.25, 0.3) is 5.82 Å². The number of aromatic nitrogens is 4. The molecule has 3 heterocycles. The molecule has 2 aromatic heterocycles. The van der Waals surface area contributed by atoms with Crippen LogP contribution in [0.4, 0.5) is 11.5 Å². The van der Waals surface area contributed by atoms with Crippen LogP contribution in [0.3, 0.4) is 0 Å². The van der Waals surface area contributed by atoms with Crippen molar-refractivity contribution < 1.29 is 4.74 Å². The van der Waals surface area contributed by atoms with Gasteiger partial charge in [0.25, 0.3) is 0 Å². The van der Waals surface area contributed by atoms with Gasteiger partial charge in [0.05, 0.1) is 12.7 Å². The first-order chi connectivity index (χ1) is 11.8. The average molecular weight is 322 g/mol. The van der Waals surface area contributed by atoms with Gasteiger partial charge in [0.1, 0.15) is 12.0 Å². The van der Waals surface area contributed by atoms with E-state index < -0.39 is 0 Å². The van der Waals surface area contributed by atoms with Gasteiger partial charge in [-0.15, -0.1) is 0 Å². The van der Waals surface area contributed by atoms with Crippen LogP contribution in [0.15, 0.2) is 49.1 Å². The molecular weight excluding hydrogens is 304 g/mol. The van der Waals surface area contributed by atoms with Crippen LogP contribution >= 0.6 is 0 Å². The van der Waals surface area contributed by atoms with Gasteiger partial charge in [0, 0.05) is 18.9 Å². The second-order valence-electron chi connectivity index (χ2n) is 5.60. The number of nitrogen functional groups attached to an aromatic ring is 1. The topological polar surface area (TPSA) is 90.9 Å². The van der Waals surface area contributed by atoms with Crippen LogP contribution in [-0.4, -0.2) is 32.9 Å². The van der Waals surface area contributed by atoms with Gasteiger partial charge in [-0.25, -0.2) is 14.6 Å². The second-order valence-corrected chi connectivity index (χ2v) is 5.60. The van der Waals surface area contributed by atoms with E-state index in [0.717, 1.165) is 13.0 Å². The molecule has 0 saturated heterocycles. The van der Waals surface area contributed by atoms with Gasteiger partial charge < -0.3 is 15.8 Å². The summed E-state index contributed by atoms with van der Waals surface area (Å²) in [5, 5.41) is 7.45. The zero-order chi connectivity index (χ0) is 16.4. The molecule has 0 fully saturated rings. The Hall–Kier alpha value is -2.93. The van der Waals surface area contributed by atoms with Crippen molar-refractivity contribution in [2.75, 3.05) is 24.2 Å². The van der Waals surface area contributed by atoms with Gasteiger partial charge in [-0.2, -0.15) is 5.10 Å². The number of hydrogen-bond acceptors (Lipinski definition) is 6. The van der Waals surface area contributed by atoms with Crippen LogP contribution in [-0.2, 0) is 11.2 Å². The minimum absolute atomic E-state index is 0.0162. The van der Waals surface area contributed by atoms with Gasteiger partial charge >= 0.3 is 0 Å². The highest BCUT2D eigenvalue weighted by atomic mass is 16.5. The summed E-state index contributed by atoms with van der Waals surface area (Å²) >= 11 is 0. The summed E-state index contributed by atoms with van der Waals surface area (Å²) in [5.74, 6) is 1.14. The monoisotopic (exact) mass is 322 g/mol. The van der Waals surface area contributed by atoms with E-state index in [1.807, 2.05) is 12.1 Å². The number of rotatable bonds is 4. The second kappa shape index (κ2) is 6.29. The molecule has 0 bridgehead atoms. The molecule has 1 unspecified atom stereocenters. The van der Waals surface area contributed by atoms with Crippen molar-refractivity contribution in [3.05, 3.63) is 60.2 Å².